The average Bonchev–Trinajstić information content (AvgIpc) is 2.92. The van der Waals surface area contributed by atoms with E-state index in [4.69, 9.17) is 10.5 Å². The number of hydrogen-bond donors (Lipinski definition) is 2. The van der Waals surface area contributed by atoms with E-state index in [9.17, 15) is 4.79 Å². The molecule has 0 spiro atoms. The number of nitrogens with one attached hydrogen (secondary N) is 1. The smallest absolute Gasteiger partial charge is 0.240 e. The Morgan fingerprint density at radius 2 is 1.67 bits per heavy atom. The number of carbonyl (C=O) groups is 1. The fraction of sp³-hybridized carbons (Fsp3) is 0.938. The number of carbonyl (C=O) groups excluding carboxylic acids is 1. The molecule has 1 amide bonds. The lowest BCUT2D eigenvalue weighted by atomic mass is 9.84. The Morgan fingerprint density at radius 1 is 1.10 bits per heavy atom. The molecule has 5 heteroatoms. The molecule has 2 rings (SSSR count). The molecule has 21 heavy (non-hydrogen) atoms. The van der Waals surface area contributed by atoms with Gasteiger partial charge in [0.2, 0.25) is 5.91 Å². The minimum absolute atomic E-state index is 0. The summed E-state index contributed by atoms with van der Waals surface area (Å²) >= 11 is 0. The molecule has 0 radical (unpaired) electrons. The summed E-state index contributed by atoms with van der Waals surface area (Å²) in [6, 6.07) is 0. The molecule has 0 atom stereocenters. The third-order valence-corrected chi connectivity index (χ3v) is 4.90. The molecule has 0 heterocycles. The molecule has 0 aromatic heterocycles. The fourth-order valence-corrected chi connectivity index (χ4v) is 3.54. The zero-order valence-electron chi connectivity index (χ0n) is 13.3. The maximum absolute atomic E-state index is 12.3. The van der Waals surface area contributed by atoms with Crippen LogP contribution in [-0.4, -0.2) is 30.2 Å². The standard InChI is InChI=1S/C16H30N2O2.ClH/c1-2-12-20-15(8-4-3-5-9-15)13-18-14(19)16(17)10-6-7-11-16;/h2-13,17H2,1H3,(H,18,19);1H. The summed E-state index contributed by atoms with van der Waals surface area (Å²) in [6.07, 6.45) is 10.6. The van der Waals surface area contributed by atoms with Crippen LogP contribution in [0.3, 0.4) is 0 Å². The summed E-state index contributed by atoms with van der Waals surface area (Å²) in [4.78, 5) is 12.3. The zero-order chi connectivity index (χ0) is 14.5. The van der Waals surface area contributed by atoms with Crippen LogP contribution in [-0.2, 0) is 9.53 Å². The molecule has 0 aliphatic heterocycles. The van der Waals surface area contributed by atoms with Crippen molar-refractivity contribution in [3.63, 3.8) is 0 Å². The molecular weight excluding hydrogens is 288 g/mol. The van der Waals surface area contributed by atoms with E-state index in [1.807, 2.05) is 0 Å². The molecule has 2 fully saturated rings. The normalized spacial score (nSPS) is 23.3. The lowest BCUT2D eigenvalue weighted by molar-refractivity contribution is -0.129. The van der Waals surface area contributed by atoms with Crippen molar-refractivity contribution >= 4 is 18.3 Å². The lowest BCUT2D eigenvalue weighted by Crippen LogP contribution is -2.56. The second-order valence-electron chi connectivity index (χ2n) is 6.64. The molecule has 0 bridgehead atoms. The van der Waals surface area contributed by atoms with Gasteiger partial charge in [-0.1, -0.05) is 39.0 Å². The third kappa shape index (κ3) is 4.83. The Bertz CT molecular complexity index is 324. The SMILES string of the molecule is CCCOC1(CNC(=O)C2(N)CCCC2)CCCCC1.Cl. The van der Waals surface area contributed by atoms with E-state index >= 15 is 0 Å². The molecule has 124 valence electrons. The first kappa shape index (κ1) is 18.7. The highest BCUT2D eigenvalue weighted by Crippen LogP contribution is 2.32. The van der Waals surface area contributed by atoms with Crippen LogP contribution in [0.1, 0.15) is 71.1 Å². The molecule has 0 unspecified atom stereocenters. The summed E-state index contributed by atoms with van der Waals surface area (Å²) in [5.41, 5.74) is 5.44. The highest BCUT2D eigenvalue weighted by atomic mass is 35.5. The number of hydrogen-bond acceptors (Lipinski definition) is 3. The van der Waals surface area contributed by atoms with Gasteiger partial charge in [-0.25, -0.2) is 0 Å². The van der Waals surface area contributed by atoms with Gasteiger partial charge in [0.25, 0.3) is 0 Å². The van der Waals surface area contributed by atoms with Gasteiger partial charge in [-0.3, -0.25) is 4.79 Å². The second-order valence-corrected chi connectivity index (χ2v) is 6.64. The van der Waals surface area contributed by atoms with Crippen molar-refractivity contribution in [2.75, 3.05) is 13.2 Å². The monoisotopic (exact) mass is 318 g/mol. The Hall–Kier alpha value is -0.320. The Labute approximate surface area is 135 Å². The van der Waals surface area contributed by atoms with Crippen LogP contribution >= 0.6 is 12.4 Å². The highest BCUT2D eigenvalue weighted by molar-refractivity contribution is 5.86. The minimum atomic E-state index is -0.624. The maximum Gasteiger partial charge on any atom is 0.240 e. The van der Waals surface area contributed by atoms with Crippen LogP contribution in [0.5, 0.6) is 0 Å². The quantitative estimate of drug-likeness (QED) is 0.791. The van der Waals surface area contributed by atoms with E-state index in [2.05, 4.69) is 12.2 Å². The average molecular weight is 319 g/mol. The highest BCUT2D eigenvalue weighted by Gasteiger charge is 2.39. The van der Waals surface area contributed by atoms with Crippen LogP contribution in [0.4, 0.5) is 0 Å². The van der Waals surface area contributed by atoms with Gasteiger partial charge >= 0.3 is 0 Å². The van der Waals surface area contributed by atoms with Gasteiger partial charge in [0.05, 0.1) is 11.1 Å². The van der Waals surface area contributed by atoms with E-state index in [0.29, 0.717) is 6.54 Å². The third-order valence-electron chi connectivity index (χ3n) is 4.90. The molecule has 4 nitrogen and oxygen atoms in total. The largest absolute Gasteiger partial charge is 0.373 e. The molecule has 0 saturated heterocycles. The van der Waals surface area contributed by atoms with Crippen molar-refractivity contribution < 1.29 is 9.53 Å². The Kier molecular flexibility index (Phi) is 7.45. The van der Waals surface area contributed by atoms with Crippen LogP contribution in [0.2, 0.25) is 0 Å². The van der Waals surface area contributed by atoms with E-state index in [-0.39, 0.29) is 23.9 Å². The predicted octanol–water partition coefficient (Wildman–Crippen LogP) is 2.93. The van der Waals surface area contributed by atoms with E-state index < -0.39 is 5.54 Å². The van der Waals surface area contributed by atoms with E-state index in [0.717, 1.165) is 51.6 Å². The van der Waals surface area contributed by atoms with Gasteiger partial charge < -0.3 is 15.8 Å². The van der Waals surface area contributed by atoms with Gasteiger partial charge in [-0.2, -0.15) is 0 Å². The van der Waals surface area contributed by atoms with E-state index in [1.54, 1.807) is 0 Å². The fourth-order valence-electron chi connectivity index (χ4n) is 3.54. The molecule has 0 aromatic carbocycles. The number of nitrogens with two attached hydrogens (primary N) is 1. The molecular formula is C16H31ClN2O2. The second kappa shape index (κ2) is 8.35. The van der Waals surface area contributed by atoms with E-state index in [1.165, 1.54) is 19.3 Å². The topological polar surface area (TPSA) is 64.3 Å². The van der Waals surface area contributed by atoms with Crippen LogP contribution in [0, 0.1) is 0 Å². The molecule has 2 saturated carbocycles. The number of halogens is 1. The molecule has 2 aliphatic carbocycles. The molecule has 0 aromatic rings. The predicted molar refractivity (Wildman–Crippen MR) is 87.7 cm³/mol. The minimum Gasteiger partial charge on any atom is -0.373 e. The van der Waals surface area contributed by atoms with Crippen molar-refractivity contribution in [3.05, 3.63) is 0 Å². The van der Waals surface area contributed by atoms with Gasteiger partial charge in [-0.05, 0) is 32.1 Å². The summed E-state index contributed by atoms with van der Waals surface area (Å²) in [5, 5.41) is 3.10. The van der Waals surface area contributed by atoms with Crippen LogP contribution in [0.25, 0.3) is 0 Å². The molecule has 3 N–H and O–H groups in total. The van der Waals surface area contributed by atoms with Crippen molar-refractivity contribution in [1.29, 1.82) is 0 Å². The van der Waals surface area contributed by atoms with Crippen molar-refractivity contribution in [2.45, 2.75) is 82.3 Å². The summed E-state index contributed by atoms with van der Waals surface area (Å²) in [6.45, 7) is 3.54. The van der Waals surface area contributed by atoms with Crippen LogP contribution in [0.15, 0.2) is 0 Å². The van der Waals surface area contributed by atoms with Crippen molar-refractivity contribution in [3.8, 4) is 0 Å². The number of amides is 1. The first-order valence-electron chi connectivity index (χ1n) is 8.31. The van der Waals surface area contributed by atoms with Gasteiger partial charge in [-0.15, -0.1) is 12.4 Å². The van der Waals surface area contributed by atoms with Gasteiger partial charge in [0, 0.05) is 13.2 Å². The van der Waals surface area contributed by atoms with Crippen LogP contribution < -0.4 is 11.1 Å². The first-order chi connectivity index (χ1) is 9.60. The summed E-state index contributed by atoms with van der Waals surface area (Å²) in [7, 11) is 0. The van der Waals surface area contributed by atoms with Crippen molar-refractivity contribution in [1.82, 2.24) is 5.32 Å². The van der Waals surface area contributed by atoms with Gasteiger partial charge in [0.1, 0.15) is 0 Å². The zero-order valence-corrected chi connectivity index (χ0v) is 14.1. The van der Waals surface area contributed by atoms with Gasteiger partial charge in [0.15, 0.2) is 0 Å². The lowest BCUT2D eigenvalue weighted by Gasteiger charge is -2.38. The Balaban J connectivity index is 0.00000220. The first-order valence-corrected chi connectivity index (χ1v) is 8.31. The summed E-state index contributed by atoms with van der Waals surface area (Å²) in [5.74, 6) is 0.0278. The molecule has 2 aliphatic rings. The van der Waals surface area contributed by atoms with Crippen molar-refractivity contribution in [2.24, 2.45) is 5.73 Å². The Morgan fingerprint density at radius 3 is 2.24 bits per heavy atom. The number of ether oxygens (including phenoxy) is 1. The number of rotatable bonds is 6. The maximum atomic E-state index is 12.3. The summed E-state index contributed by atoms with van der Waals surface area (Å²) < 4.78 is 6.11.